The summed E-state index contributed by atoms with van der Waals surface area (Å²) in [6.07, 6.45) is 7.19. The molecular formula is C21H23N3O4S. The number of amides is 2. The Morgan fingerprint density at radius 2 is 1.90 bits per heavy atom. The minimum Gasteiger partial charge on any atom is -0.454 e. The van der Waals surface area contributed by atoms with Crippen LogP contribution in [0.2, 0.25) is 0 Å². The van der Waals surface area contributed by atoms with Crippen molar-refractivity contribution < 1.29 is 19.1 Å². The first-order valence-corrected chi connectivity index (χ1v) is 11.0. The number of fused-ring (bicyclic) bond motifs is 2. The second-order valence-corrected chi connectivity index (χ2v) is 8.87. The van der Waals surface area contributed by atoms with Gasteiger partial charge < -0.3 is 14.8 Å². The van der Waals surface area contributed by atoms with Crippen LogP contribution in [0.15, 0.2) is 18.2 Å². The van der Waals surface area contributed by atoms with Gasteiger partial charge >= 0.3 is 0 Å². The molecule has 3 aliphatic rings. The number of aryl methyl sites for hydroxylation is 1. The first kappa shape index (κ1) is 18.4. The maximum absolute atomic E-state index is 12.8. The van der Waals surface area contributed by atoms with E-state index in [-0.39, 0.29) is 24.5 Å². The molecule has 2 N–H and O–H groups in total. The van der Waals surface area contributed by atoms with Crippen LogP contribution in [0.25, 0.3) is 0 Å². The minimum absolute atomic E-state index is 0.0804. The van der Waals surface area contributed by atoms with Crippen molar-refractivity contribution in [3.8, 4) is 11.5 Å². The summed E-state index contributed by atoms with van der Waals surface area (Å²) in [6, 6.07) is 5.40. The number of hydrogen-bond acceptors (Lipinski definition) is 6. The van der Waals surface area contributed by atoms with E-state index in [1.54, 1.807) is 18.2 Å². The lowest BCUT2D eigenvalue weighted by Crippen LogP contribution is -2.37. The lowest BCUT2D eigenvalue weighted by atomic mass is 9.90. The van der Waals surface area contributed by atoms with Crippen molar-refractivity contribution >= 4 is 28.3 Å². The molecule has 2 heterocycles. The van der Waals surface area contributed by atoms with E-state index in [9.17, 15) is 9.59 Å². The lowest BCUT2D eigenvalue weighted by Gasteiger charge is -2.22. The zero-order valence-electron chi connectivity index (χ0n) is 16.0. The van der Waals surface area contributed by atoms with Crippen LogP contribution in [-0.2, 0) is 11.2 Å². The predicted molar refractivity (Wildman–Crippen MR) is 109 cm³/mol. The van der Waals surface area contributed by atoms with Gasteiger partial charge in [-0.05, 0) is 50.3 Å². The smallest absolute Gasteiger partial charge is 0.257 e. The van der Waals surface area contributed by atoms with Crippen LogP contribution in [0, 0.1) is 0 Å². The molecule has 0 radical (unpaired) electrons. The monoisotopic (exact) mass is 413 g/mol. The van der Waals surface area contributed by atoms with Crippen LogP contribution >= 0.6 is 11.3 Å². The Labute approximate surface area is 172 Å². The van der Waals surface area contributed by atoms with Gasteiger partial charge in [-0.2, -0.15) is 0 Å². The maximum Gasteiger partial charge on any atom is 0.257 e. The predicted octanol–water partition coefficient (Wildman–Crippen LogP) is 3.60. The van der Waals surface area contributed by atoms with E-state index in [1.807, 2.05) is 0 Å². The van der Waals surface area contributed by atoms with E-state index in [0.717, 1.165) is 42.7 Å². The molecule has 5 rings (SSSR count). The SMILES string of the molecule is O=C(Nc1nc2c(s1)CCCC2C(=O)NC1CCCC1)c1ccc2c(c1)OCO2. The molecule has 2 amide bonds. The summed E-state index contributed by atoms with van der Waals surface area (Å²) in [6.45, 7) is 0.171. The Balaban J connectivity index is 1.30. The van der Waals surface area contributed by atoms with Crippen molar-refractivity contribution in [2.24, 2.45) is 0 Å². The maximum atomic E-state index is 12.8. The highest BCUT2D eigenvalue weighted by atomic mass is 32.1. The molecule has 1 aromatic heterocycles. The summed E-state index contributed by atoms with van der Waals surface area (Å²) in [5.41, 5.74) is 1.32. The molecule has 7 nitrogen and oxygen atoms in total. The van der Waals surface area contributed by atoms with Crippen LogP contribution in [0.1, 0.15) is 65.4 Å². The number of carbonyl (C=O) groups is 2. The van der Waals surface area contributed by atoms with E-state index in [0.29, 0.717) is 28.2 Å². The van der Waals surface area contributed by atoms with Crippen molar-refractivity contribution in [3.05, 3.63) is 34.3 Å². The average molecular weight is 413 g/mol. The Bertz CT molecular complexity index is 951. The van der Waals surface area contributed by atoms with E-state index in [2.05, 4.69) is 15.6 Å². The topological polar surface area (TPSA) is 89.6 Å². The summed E-state index contributed by atoms with van der Waals surface area (Å²) in [5.74, 6) is 0.826. The molecule has 1 aromatic carbocycles. The average Bonchev–Trinajstić information content (AvgIpc) is 3.46. The Morgan fingerprint density at radius 3 is 2.76 bits per heavy atom. The van der Waals surface area contributed by atoms with Gasteiger partial charge in [-0.25, -0.2) is 4.98 Å². The van der Waals surface area contributed by atoms with Gasteiger partial charge in [0, 0.05) is 16.5 Å². The molecule has 0 spiro atoms. The summed E-state index contributed by atoms with van der Waals surface area (Å²) in [4.78, 5) is 31.2. The third-order valence-corrected chi connectivity index (χ3v) is 6.87. The zero-order valence-corrected chi connectivity index (χ0v) is 16.8. The quantitative estimate of drug-likeness (QED) is 0.799. The normalized spacial score (nSPS) is 20.3. The third-order valence-electron chi connectivity index (χ3n) is 5.83. The van der Waals surface area contributed by atoms with Gasteiger partial charge in [-0.15, -0.1) is 11.3 Å². The number of anilines is 1. The molecule has 2 aromatic rings. The molecule has 152 valence electrons. The molecule has 0 bridgehead atoms. The van der Waals surface area contributed by atoms with E-state index in [4.69, 9.17) is 9.47 Å². The standard InChI is InChI=1S/C21H23N3O4S/c25-19(12-8-9-15-16(10-12)28-11-27-15)24-21-23-18-14(6-3-7-17(18)29-21)20(26)22-13-4-1-2-5-13/h8-10,13-14H,1-7,11H2,(H,22,26)(H,23,24,25). The van der Waals surface area contributed by atoms with Crippen molar-refractivity contribution in [2.75, 3.05) is 12.1 Å². The minimum atomic E-state index is -0.249. The Morgan fingerprint density at radius 1 is 1.07 bits per heavy atom. The fraction of sp³-hybridized carbons (Fsp3) is 0.476. The molecule has 1 fully saturated rings. The zero-order chi connectivity index (χ0) is 19.8. The van der Waals surface area contributed by atoms with Crippen LogP contribution < -0.4 is 20.1 Å². The number of benzene rings is 1. The number of rotatable bonds is 4. The number of nitrogens with one attached hydrogen (secondary N) is 2. The van der Waals surface area contributed by atoms with Gasteiger partial charge in [-0.3, -0.25) is 14.9 Å². The van der Waals surface area contributed by atoms with Gasteiger partial charge in [-0.1, -0.05) is 12.8 Å². The van der Waals surface area contributed by atoms with Crippen molar-refractivity contribution in [1.82, 2.24) is 10.3 Å². The molecular weight excluding hydrogens is 390 g/mol. The molecule has 1 saturated carbocycles. The van der Waals surface area contributed by atoms with Gasteiger partial charge in [0.05, 0.1) is 11.6 Å². The lowest BCUT2D eigenvalue weighted by molar-refractivity contribution is -0.123. The summed E-state index contributed by atoms with van der Waals surface area (Å²) in [5, 5.41) is 6.62. The fourth-order valence-electron chi connectivity index (χ4n) is 4.31. The van der Waals surface area contributed by atoms with E-state index < -0.39 is 0 Å². The highest BCUT2D eigenvalue weighted by molar-refractivity contribution is 7.16. The highest BCUT2D eigenvalue weighted by Crippen LogP contribution is 2.38. The molecule has 1 unspecified atom stereocenters. The molecule has 2 aliphatic carbocycles. The Kier molecular flexibility index (Phi) is 4.87. The summed E-state index contributed by atoms with van der Waals surface area (Å²) < 4.78 is 10.6. The van der Waals surface area contributed by atoms with Crippen LogP contribution in [0.5, 0.6) is 11.5 Å². The number of thiazole rings is 1. The van der Waals surface area contributed by atoms with Crippen LogP contribution in [-0.4, -0.2) is 29.6 Å². The molecule has 8 heteroatoms. The number of aromatic nitrogens is 1. The third kappa shape index (κ3) is 3.69. The van der Waals surface area contributed by atoms with E-state index >= 15 is 0 Å². The number of ether oxygens (including phenoxy) is 2. The molecule has 29 heavy (non-hydrogen) atoms. The largest absolute Gasteiger partial charge is 0.454 e. The summed E-state index contributed by atoms with van der Waals surface area (Å²) >= 11 is 1.47. The molecule has 1 atom stereocenters. The number of carbonyl (C=O) groups excluding carboxylic acids is 2. The first-order valence-electron chi connectivity index (χ1n) is 10.2. The van der Waals surface area contributed by atoms with Gasteiger partial charge in [0.15, 0.2) is 16.6 Å². The van der Waals surface area contributed by atoms with E-state index in [1.165, 1.54) is 24.2 Å². The number of hydrogen-bond donors (Lipinski definition) is 2. The van der Waals surface area contributed by atoms with Gasteiger partial charge in [0.1, 0.15) is 0 Å². The van der Waals surface area contributed by atoms with Crippen molar-refractivity contribution in [2.45, 2.75) is 56.9 Å². The van der Waals surface area contributed by atoms with Gasteiger partial charge in [0.2, 0.25) is 12.7 Å². The molecule has 1 aliphatic heterocycles. The van der Waals surface area contributed by atoms with Crippen molar-refractivity contribution in [3.63, 3.8) is 0 Å². The van der Waals surface area contributed by atoms with Crippen LogP contribution in [0.4, 0.5) is 5.13 Å². The first-order chi connectivity index (χ1) is 14.2. The second kappa shape index (κ2) is 7.67. The highest BCUT2D eigenvalue weighted by Gasteiger charge is 2.32. The molecule has 0 saturated heterocycles. The number of nitrogens with zero attached hydrogens (tertiary/aromatic N) is 1. The Hall–Kier alpha value is -2.61. The second-order valence-electron chi connectivity index (χ2n) is 7.78. The van der Waals surface area contributed by atoms with Crippen molar-refractivity contribution in [1.29, 1.82) is 0 Å². The fourth-order valence-corrected chi connectivity index (χ4v) is 5.37. The van der Waals surface area contributed by atoms with Gasteiger partial charge in [0.25, 0.3) is 5.91 Å². The summed E-state index contributed by atoms with van der Waals surface area (Å²) in [7, 11) is 0. The van der Waals surface area contributed by atoms with Crippen LogP contribution in [0.3, 0.4) is 0 Å².